The summed E-state index contributed by atoms with van der Waals surface area (Å²) < 4.78 is 18.5. The van der Waals surface area contributed by atoms with E-state index in [-0.39, 0.29) is 25.4 Å². The molecule has 0 unspecified atom stereocenters. The number of aryl methyl sites for hydroxylation is 1. The van der Waals surface area contributed by atoms with Gasteiger partial charge in [-0.1, -0.05) is 6.07 Å². The smallest absolute Gasteiger partial charge is 0.243 e. The van der Waals surface area contributed by atoms with Crippen molar-refractivity contribution in [2.24, 2.45) is 5.73 Å². The molecule has 6 nitrogen and oxygen atoms in total. The molecule has 0 spiro atoms. The van der Waals surface area contributed by atoms with Gasteiger partial charge in [-0.05, 0) is 48.9 Å². The van der Waals surface area contributed by atoms with Gasteiger partial charge in [-0.25, -0.2) is 4.39 Å². The third-order valence-electron chi connectivity index (χ3n) is 3.87. The van der Waals surface area contributed by atoms with Crippen LogP contribution in [0.15, 0.2) is 42.5 Å². The second-order valence-corrected chi connectivity index (χ2v) is 5.84. The van der Waals surface area contributed by atoms with Crippen LogP contribution in [0.2, 0.25) is 0 Å². The largest absolute Gasteiger partial charge is 0.497 e. The van der Waals surface area contributed by atoms with Crippen molar-refractivity contribution in [3.63, 3.8) is 0 Å². The minimum atomic E-state index is -0.454. The first kappa shape index (κ1) is 19.2. The number of primary amides is 1. The number of carbonyl (C=O) groups is 2. The summed E-state index contributed by atoms with van der Waals surface area (Å²) >= 11 is 0. The maximum absolute atomic E-state index is 13.4. The van der Waals surface area contributed by atoms with Crippen LogP contribution < -0.4 is 20.7 Å². The molecule has 0 aliphatic heterocycles. The summed E-state index contributed by atoms with van der Waals surface area (Å²) in [5, 5.41) is 2.70. The normalized spacial score (nSPS) is 10.3. The van der Waals surface area contributed by atoms with Gasteiger partial charge in [-0.3, -0.25) is 9.59 Å². The predicted molar refractivity (Wildman–Crippen MR) is 98.8 cm³/mol. The average molecular weight is 359 g/mol. The molecule has 138 valence electrons. The summed E-state index contributed by atoms with van der Waals surface area (Å²) in [6.45, 7) is 2.07. The van der Waals surface area contributed by atoms with E-state index in [4.69, 9.17) is 10.5 Å². The number of amides is 2. The molecule has 2 aromatic carbocycles. The van der Waals surface area contributed by atoms with Gasteiger partial charge in [0.2, 0.25) is 11.8 Å². The lowest BCUT2D eigenvalue weighted by Gasteiger charge is -2.24. The van der Waals surface area contributed by atoms with E-state index in [0.29, 0.717) is 11.4 Å². The van der Waals surface area contributed by atoms with Crippen molar-refractivity contribution in [3.05, 3.63) is 53.8 Å². The summed E-state index contributed by atoms with van der Waals surface area (Å²) in [4.78, 5) is 25.3. The minimum Gasteiger partial charge on any atom is -0.497 e. The molecule has 0 atom stereocenters. The molecule has 0 radical (unpaired) electrons. The Labute approximate surface area is 151 Å². The molecule has 0 saturated carbocycles. The van der Waals surface area contributed by atoms with Gasteiger partial charge >= 0.3 is 0 Å². The van der Waals surface area contributed by atoms with Crippen LogP contribution in [0.5, 0.6) is 5.75 Å². The fourth-order valence-electron chi connectivity index (χ4n) is 2.43. The number of hydrogen-bond donors (Lipinski definition) is 2. The number of methoxy groups -OCH3 is 1. The Morgan fingerprint density at radius 2 is 1.88 bits per heavy atom. The number of nitrogens with zero attached hydrogens (tertiary/aromatic N) is 1. The highest BCUT2D eigenvalue weighted by Gasteiger charge is 2.14. The number of nitrogens with one attached hydrogen (secondary N) is 1. The van der Waals surface area contributed by atoms with Crippen LogP contribution in [0, 0.1) is 12.7 Å². The van der Waals surface area contributed by atoms with Gasteiger partial charge < -0.3 is 20.7 Å². The van der Waals surface area contributed by atoms with E-state index >= 15 is 0 Å². The molecule has 0 heterocycles. The van der Waals surface area contributed by atoms with Crippen molar-refractivity contribution in [1.82, 2.24) is 0 Å². The number of halogens is 1. The molecule has 0 aliphatic rings. The van der Waals surface area contributed by atoms with E-state index in [0.717, 1.165) is 11.3 Å². The van der Waals surface area contributed by atoms with Crippen molar-refractivity contribution in [3.8, 4) is 5.75 Å². The van der Waals surface area contributed by atoms with Crippen LogP contribution in [0.1, 0.15) is 12.0 Å². The van der Waals surface area contributed by atoms with Gasteiger partial charge in [-0.15, -0.1) is 0 Å². The van der Waals surface area contributed by atoms with Gasteiger partial charge in [0.1, 0.15) is 11.6 Å². The summed E-state index contributed by atoms with van der Waals surface area (Å²) in [7, 11) is 1.56. The lowest BCUT2D eigenvalue weighted by atomic mass is 10.2. The van der Waals surface area contributed by atoms with Crippen molar-refractivity contribution < 1.29 is 18.7 Å². The first-order valence-corrected chi connectivity index (χ1v) is 8.12. The molecule has 0 aromatic heterocycles. The molecule has 2 aromatic rings. The summed E-state index contributed by atoms with van der Waals surface area (Å²) in [6, 6.07) is 11.3. The highest BCUT2D eigenvalue weighted by atomic mass is 19.1. The Morgan fingerprint density at radius 3 is 2.50 bits per heavy atom. The molecule has 0 saturated heterocycles. The van der Waals surface area contributed by atoms with Gasteiger partial charge in [-0.2, -0.15) is 0 Å². The Bertz CT molecular complexity index is 778. The van der Waals surface area contributed by atoms with E-state index < -0.39 is 11.7 Å². The van der Waals surface area contributed by atoms with Crippen molar-refractivity contribution in [1.29, 1.82) is 0 Å². The van der Waals surface area contributed by atoms with Crippen LogP contribution in [-0.4, -0.2) is 32.0 Å². The summed E-state index contributed by atoms with van der Waals surface area (Å²) in [5.41, 5.74) is 7.15. The SMILES string of the molecule is COc1ccc(N(CCC(N)=O)CC(=O)Nc2cc(F)ccc2C)cc1. The second-order valence-electron chi connectivity index (χ2n) is 5.84. The standard InChI is InChI=1S/C19H22FN3O3/c1-13-3-4-14(20)11-17(13)22-19(25)12-23(10-9-18(21)24)15-5-7-16(26-2)8-6-15/h3-8,11H,9-10,12H2,1-2H3,(H2,21,24)(H,22,25). The average Bonchev–Trinajstić information content (AvgIpc) is 2.61. The van der Waals surface area contributed by atoms with Crippen LogP contribution in [-0.2, 0) is 9.59 Å². The van der Waals surface area contributed by atoms with E-state index in [1.165, 1.54) is 12.1 Å². The molecule has 0 fully saturated rings. The molecular formula is C19H22FN3O3. The van der Waals surface area contributed by atoms with E-state index in [9.17, 15) is 14.0 Å². The molecule has 0 bridgehead atoms. The zero-order chi connectivity index (χ0) is 19.1. The van der Waals surface area contributed by atoms with Crippen molar-refractivity contribution >= 4 is 23.2 Å². The summed E-state index contributed by atoms with van der Waals surface area (Å²) in [6.07, 6.45) is 0.109. The minimum absolute atomic E-state index is 0.00440. The predicted octanol–water partition coefficient (Wildman–Crippen LogP) is 2.46. The number of ether oxygens (including phenoxy) is 1. The van der Waals surface area contributed by atoms with Gasteiger partial charge in [0.25, 0.3) is 0 Å². The van der Waals surface area contributed by atoms with E-state index in [1.54, 1.807) is 49.3 Å². The third-order valence-corrected chi connectivity index (χ3v) is 3.87. The van der Waals surface area contributed by atoms with Gasteiger partial charge in [0.05, 0.1) is 13.7 Å². The zero-order valence-corrected chi connectivity index (χ0v) is 14.8. The lowest BCUT2D eigenvalue weighted by Crippen LogP contribution is -2.35. The fraction of sp³-hybridized carbons (Fsp3) is 0.263. The number of benzene rings is 2. The monoisotopic (exact) mass is 359 g/mol. The maximum Gasteiger partial charge on any atom is 0.243 e. The number of anilines is 2. The number of hydrogen-bond acceptors (Lipinski definition) is 4. The quantitative estimate of drug-likeness (QED) is 0.758. The maximum atomic E-state index is 13.4. The first-order chi connectivity index (χ1) is 12.4. The van der Waals surface area contributed by atoms with Crippen LogP contribution in [0.3, 0.4) is 0 Å². The molecule has 0 aliphatic carbocycles. The van der Waals surface area contributed by atoms with Crippen molar-refractivity contribution in [2.45, 2.75) is 13.3 Å². The third kappa shape index (κ3) is 5.47. The van der Waals surface area contributed by atoms with Gasteiger partial charge in [0.15, 0.2) is 0 Å². The highest BCUT2D eigenvalue weighted by Crippen LogP contribution is 2.20. The molecule has 2 rings (SSSR count). The molecule has 2 amide bonds. The van der Waals surface area contributed by atoms with Crippen LogP contribution in [0.25, 0.3) is 0 Å². The highest BCUT2D eigenvalue weighted by molar-refractivity contribution is 5.94. The van der Waals surface area contributed by atoms with Crippen LogP contribution >= 0.6 is 0 Å². The molecular weight excluding hydrogens is 337 g/mol. The summed E-state index contributed by atoms with van der Waals surface area (Å²) in [5.74, 6) is -0.515. The number of rotatable bonds is 8. The first-order valence-electron chi connectivity index (χ1n) is 8.12. The Hall–Kier alpha value is -3.09. The van der Waals surface area contributed by atoms with Crippen molar-refractivity contribution in [2.75, 3.05) is 30.4 Å². The fourth-order valence-corrected chi connectivity index (χ4v) is 2.43. The molecule has 26 heavy (non-hydrogen) atoms. The van der Waals surface area contributed by atoms with Crippen LogP contribution in [0.4, 0.5) is 15.8 Å². The topological polar surface area (TPSA) is 84.7 Å². The Kier molecular flexibility index (Phi) is 6.54. The molecule has 3 N–H and O–H groups in total. The Morgan fingerprint density at radius 1 is 1.19 bits per heavy atom. The van der Waals surface area contributed by atoms with Gasteiger partial charge in [0, 0.05) is 24.3 Å². The number of carbonyl (C=O) groups excluding carboxylic acids is 2. The zero-order valence-electron chi connectivity index (χ0n) is 14.8. The second kappa shape index (κ2) is 8.84. The Balaban J connectivity index is 2.12. The lowest BCUT2D eigenvalue weighted by molar-refractivity contribution is -0.118. The van der Waals surface area contributed by atoms with E-state index in [1.807, 2.05) is 0 Å². The molecule has 7 heteroatoms. The number of nitrogens with two attached hydrogens (primary N) is 1. The van der Waals surface area contributed by atoms with E-state index in [2.05, 4.69) is 5.32 Å².